The highest BCUT2D eigenvalue weighted by Gasteiger charge is 2.21. The number of hydrogen-bond acceptors (Lipinski definition) is 4. The first-order valence-electron chi connectivity index (χ1n) is 6.85. The Kier molecular flexibility index (Phi) is 7.77. The van der Waals surface area contributed by atoms with Crippen LogP contribution in [0.2, 0.25) is 0 Å². The van der Waals surface area contributed by atoms with E-state index in [1.807, 2.05) is 0 Å². The number of nitrogens with zero attached hydrogens (tertiary/aromatic N) is 1. The third-order valence-corrected chi connectivity index (χ3v) is 3.56. The number of likely N-dealkylation sites (tertiary alicyclic amines) is 1. The second-order valence-corrected chi connectivity index (χ2v) is 4.97. The number of aliphatic hydroxyl groups excluding tert-OH is 1. The molecule has 0 spiro atoms. The zero-order chi connectivity index (χ0) is 12.5. The number of nitrogens with one attached hydrogen (secondary N) is 1. The molecule has 0 bridgehead atoms. The fraction of sp³-hybridized carbons (Fsp3) is 1.00. The van der Waals surface area contributed by atoms with Crippen molar-refractivity contribution in [2.75, 3.05) is 46.5 Å². The average Bonchev–Trinajstić information content (AvgIpc) is 2.33. The van der Waals surface area contributed by atoms with Crippen LogP contribution in [-0.4, -0.2) is 62.6 Å². The summed E-state index contributed by atoms with van der Waals surface area (Å²) < 4.78 is 5.21. The zero-order valence-corrected chi connectivity index (χ0v) is 11.3. The third-order valence-electron chi connectivity index (χ3n) is 3.56. The van der Waals surface area contributed by atoms with Gasteiger partial charge in [-0.2, -0.15) is 0 Å². The number of rotatable bonds is 8. The average molecular weight is 244 g/mol. The molecule has 1 saturated heterocycles. The number of ether oxygens (including phenoxy) is 1. The Morgan fingerprint density at radius 1 is 1.41 bits per heavy atom. The molecule has 102 valence electrons. The fourth-order valence-electron chi connectivity index (χ4n) is 2.59. The SMILES string of the molecule is CCNC(CCO)CN1CCC(COC)CC1. The molecule has 1 heterocycles. The van der Waals surface area contributed by atoms with E-state index in [9.17, 15) is 0 Å². The third kappa shape index (κ3) is 5.82. The molecule has 0 aromatic heterocycles. The fourth-order valence-corrected chi connectivity index (χ4v) is 2.59. The molecule has 1 rings (SSSR count). The predicted octanol–water partition coefficient (Wildman–Crippen LogP) is 0.705. The number of hydrogen-bond donors (Lipinski definition) is 2. The summed E-state index contributed by atoms with van der Waals surface area (Å²) in [5.41, 5.74) is 0. The molecule has 4 heteroatoms. The van der Waals surface area contributed by atoms with Crippen molar-refractivity contribution in [1.82, 2.24) is 10.2 Å². The van der Waals surface area contributed by atoms with E-state index in [1.165, 1.54) is 25.9 Å². The Morgan fingerprint density at radius 2 is 2.12 bits per heavy atom. The van der Waals surface area contributed by atoms with E-state index in [0.29, 0.717) is 6.04 Å². The van der Waals surface area contributed by atoms with Crippen LogP contribution in [0.15, 0.2) is 0 Å². The summed E-state index contributed by atoms with van der Waals surface area (Å²) in [6, 6.07) is 0.434. The Labute approximate surface area is 105 Å². The minimum absolute atomic E-state index is 0.276. The highest BCUT2D eigenvalue weighted by molar-refractivity contribution is 4.77. The van der Waals surface area contributed by atoms with Gasteiger partial charge in [-0.3, -0.25) is 0 Å². The smallest absolute Gasteiger partial charge is 0.0491 e. The van der Waals surface area contributed by atoms with Crippen LogP contribution < -0.4 is 5.32 Å². The topological polar surface area (TPSA) is 44.7 Å². The van der Waals surface area contributed by atoms with Gasteiger partial charge in [-0.25, -0.2) is 0 Å². The molecule has 0 aromatic carbocycles. The Bertz CT molecular complexity index is 176. The van der Waals surface area contributed by atoms with Crippen molar-refractivity contribution < 1.29 is 9.84 Å². The van der Waals surface area contributed by atoms with Crippen LogP contribution >= 0.6 is 0 Å². The van der Waals surface area contributed by atoms with Gasteiger partial charge in [0.1, 0.15) is 0 Å². The predicted molar refractivity (Wildman–Crippen MR) is 70.2 cm³/mol. The largest absolute Gasteiger partial charge is 0.396 e. The summed E-state index contributed by atoms with van der Waals surface area (Å²) in [4.78, 5) is 2.51. The van der Waals surface area contributed by atoms with E-state index < -0.39 is 0 Å². The normalized spacial score (nSPS) is 20.6. The number of aliphatic hydroxyl groups is 1. The van der Waals surface area contributed by atoms with E-state index in [4.69, 9.17) is 9.84 Å². The Hall–Kier alpha value is -0.160. The van der Waals surface area contributed by atoms with Crippen LogP contribution in [0.4, 0.5) is 0 Å². The molecule has 1 unspecified atom stereocenters. The van der Waals surface area contributed by atoms with Gasteiger partial charge in [0.15, 0.2) is 0 Å². The van der Waals surface area contributed by atoms with Gasteiger partial charge >= 0.3 is 0 Å². The molecule has 0 aliphatic carbocycles. The van der Waals surface area contributed by atoms with Crippen LogP contribution in [0, 0.1) is 5.92 Å². The summed E-state index contributed by atoms with van der Waals surface area (Å²) in [5, 5.41) is 12.5. The lowest BCUT2D eigenvalue weighted by molar-refractivity contribution is 0.0933. The maximum Gasteiger partial charge on any atom is 0.0491 e. The first-order valence-corrected chi connectivity index (χ1v) is 6.85. The van der Waals surface area contributed by atoms with Crippen molar-refractivity contribution in [3.63, 3.8) is 0 Å². The summed E-state index contributed by atoms with van der Waals surface area (Å²) in [6.45, 7) is 7.68. The molecular formula is C13H28N2O2. The minimum Gasteiger partial charge on any atom is -0.396 e. The van der Waals surface area contributed by atoms with Crippen LogP contribution in [-0.2, 0) is 4.74 Å². The molecule has 17 heavy (non-hydrogen) atoms. The monoisotopic (exact) mass is 244 g/mol. The molecule has 0 amide bonds. The van der Waals surface area contributed by atoms with Gasteiger partial charge in [0, 0.05) is 32.9 Å². The molecule has 1 aliphatic heterocycles. The quantitative estimate of drug-likeness (QED) is 0.660. The van der Waals surface area contributed by atoms with E-state index in [2.05, 4.69) is 17.1 Å². The molecule has 1 atom stereocenters. The van der Waals surface area contributed by atoms with Gasteiger partial charge in [0.2, 0.25) is 0 Å². The molecule has 1 fully saturated rings. The van der Waals surface area contributed by atoms with Gasteiger partial charge in [0.05, 0.1) is 0 Å². The molecule has 0 saturated carbocycles. The molecule has 2 N–H and O–H groups in total. The lowest BCUT2D eigenvalue weighted by atomic mass is 9.97. The van der Waals surface area contributed by atoms with Crippen molar-refractivity contribution >= 4 is 0 Å². The van der Waals surface area contributed by atoms with Gasteiger partial charge in [-0.1, -0.05) is 6.92 Å². The van der Waals surface area contributed by atoms with Crippen molar-refractivity contribution in [2.45, 2.75) is 32.2 Å². The number of likely N-dealkylation sites (N-methyl/N-ethyl adjacent to an activating group) is 1. The molecule has 0 radical (unpaired) electrons. The van der Waals surface area contributed by atoms with Crippen molar-refractivity contribution in [3.8, 4) is 0 Å². The van der Waals surface area contributed by atoms with Crippen LogP contribution in [0.1, 0.15) is 26.2 Å². The summed E-state index contributed by atoms with van der Waals surface area (Å²) in [5.74, 6) is 0.742. The second-order valence-electron chi connectivity index (χ2n) is 4.97. The standard InChI is InChI=1S/C13H28N2O2/c1-3-14-13(6-9-16)10-15-7-4-12(5-8-15)11-17-2/h12-14,16H,3-11H2,1-2H3. The lowest BCUT2D eigenvalue weighted by Gasteiger charge is -2.34. The van der Waals surface area contributed by atoms with E-state index in [1.54, 1.807) is 7.11 Å². The number of methoxy groups -OCH3 is 1. The van der Waals surface area contributed by atoms with Crippen molar-refractivity contribution in [2.24, 2.45) is 5.92 Å². The van der Waals surface area contributed by atoms with Crippen LogP contribution in [0.5, 0.6) is 0 Å². The van der Waals surface area contributed by atoms with Crippen LogP contribution in [0.3, 0.4) is 0 Å². The second kappa shape index (κ2) is 8.86. The molecule has 0 aromatic rings. The van der Waals surface area contributed by atoms with Crippen molar-refractivity contribution in [1.29, 1.82) is 0 Å². The molecular weight excluding hydrogens is 216 g/mol. The van der Waals surface area contributed by atoms with Crippen LogP contribution in [0.25, 0.3) is 0 Å². The van der Waals surface area contributed by atoms with Crippen molar-refractivity contribution in [3.05, 3.63) is 0 Å². The van der Waals surface area contributed by atoms with E-state index >= 15 is 0 Å². The lowest BCUT2D eigenvalue weighted by Crippen LogP contribution is -2.45. The zero-order valence-electron chi connectivity index (χ0n) is 11.3. The highest BCUT2D eigenvalue weighted by Crippen LogP contribution is 2.17. The minimum atomic E-state index is 0.276. The first kappa shape index (κ1) is 14.9. The number of piperidine rings is 1. The summed E-state index contributed by atoms with van der Waals surface area (Å²) >= 11 is 0. The maximum absolute atomic E-state index is 9.03. The molecule has 4 nitrogen and oxygen atoms in total. The van der Waals surface area contributed by atoms with Gasteiger partial charge in [-0.05, 0) is 44.8 Å². The van der Waals surface area contributed by atoms with Gasteiger partial charge in [-0.15, -0.1) is 0 Å². The first-order chi connectivity index (χ1) is 8.30. The van der Waals surface area contributed by atoms with E-state index in [0.717, 1.165) is 32.0 Å². The maximum atomic E-state index is 9.03. The van der Waals surface area contributed by atoms with Gasteiger partial charge in [0.25, 0.3) is 0 Å². The molecule has 1 aliphatic rings. The van der Waals surface area contributed by atoms with Gasteiger partial charge < -0.3 is 20.1 Å². The summed E-state index contributed by atoms with van der Waals surface area (Å²) in [6.07, 6.45) is 3.34. The Balaban J connectivity index is 2.22. The Morgan fingerprint density at radius 3 is 2.65 bits per heavy atom. The van der Waals surface area contributed by atoms with E-state index in [-0.39, 0.29) is 6.61 Å². The highest BCUT2D eigenvalue weighted by atomic mass is 16.5. The summed E-state index contributed by atoms with van der Waals surface area (Å²) in [7, 11) is 1.79.